The molecule has 1 rings (SSSR count). The van der Waals surface area contributed by atoms with E-state index in [4.69, 9.17) is 15.2 Å². The molecule has 1 atom stereocenters. The summed E-state index contributed by atoms with van der Waals surface area (Å²) >= 11 is 0. The summed E-state index contributed by atoms with van der Waals surface area (Å²) in [6.45, 7) is 3.62. The van der Waals surface area contributed by atoms with Gasteiger partial charge in [-0.25, -0.2) is 0 Å². The number of ether oxygens (including phenoxy) is 2. The molecule has 0 fully saturated rings. The molecule has 17 heavy (non-hydrogen) atoms. The summed E-state index contributed by atoms with van der Waals surface area (Å²) in [4.78, 5) is 11.0. The largest absolute Gasteiger partial charge is 0.493 e. The van der Waals surface area contributed by atoms with E-state index in [1.165, 1.54) is 0 Å². The molecule has 0 spiro atoms. The van der Waals surface area contributed by atoms with Gasteiger partial charge in [-0.3, -0.25) is 4.79 Å². The van der Waals surface area contributed by atoms with Gasteiger partial charge in [0.1, 0.15) is 6.04 Å². The Bertz CT molecular complexity index is 418. The lowest BCUT2D eigenvalue weighted by Crippen LogP contribution is -2.32. The third-order valence-electron chi connectivity index (χ3n) is 2.53. The van der Waals surface area contributed by atoms with E-state index in [1.54, 1.807) is 27.2 Å². The first kappa shape index (κ1) is 13.2. The summed E-state index contributed by atoms with van der Waals surface area (Å²) in [5.74, 6) is 0.860. The molecule has 94 valence electrons. The molecule has 3 N–H and O–H groups in total. The van der Waals surface area contributed by atoms with Crippen molar-refractivity contribution < 1.29 is 14.3 Å². The van der Waals surface area contributed by atoms with Crippen molar-refractivity contribution in [1.82, 2.24) is 0 Å². The van der Waals surface area contributed by atoms with Crippen molar-refractivity contribution in [2.45, 2.75) is 19.9 Å². The summed E-state index contributed by atoms with van der Waals surface area (Å²) in [5, 5.41) is 3.03. The molecule has 0 saturated heterocycles. The van der Waals surface area contributed by atoms with Crippen molar-refractivity contribution in [3.63, 3.8) is 0 Å². The minimum Gasteiger partial charge on any atom is -0.493 e. The van der Waals surface area contributed by atoms with Crippen LogP contribution in [0.25, 0.3) is 0 Å². The van der Waals surface area contributed by atoms with Crippen molar-refractivity contribution in [2.75, 3.05) is 19.5 Å². The van der Waals surface area contributed by atoms with Crippen LogP contribution in [-0.2, 0) is 4.79 Å². The zero-order valence-electron chi connectivity index (χ0n) is 10.5. The second kappa shape index (κ2) is 5.43. The number of methoxy groups -OCH3 is 2. The molecular weight excluding hydrogens is 220 g/mol. The smallest absolute Gasteiger partial charge is 0.239 e. The molecule has 0 bridgehead atoms. The van der Waals surface area contributed by atoms with Gasteiger partial charge in [0.15, 0.2) is 11.5 Å². The van der Waals surface area contributed by atoms with Crippen molar-refractivity contribution in [1.29, 1.82) is 0 Å². The van der Waals surface area contributed by atoms with Gasteiger partial charge in [0.2, 0.25) is 5.91 Å². The number of benzene rings is 1. The van der Waals surface area contributed by atoms with Crippen molar-refractivity contribution in [3.05, 3.63) is 17.7 Å². The number of carbonyl (C=O) groups excluding carboxylic acids is 1. The topological polar surface area (TPSA) is 73.6 Å². The van der Waals surface area contributed by atoms with E-state index in [1.807, 2.05) is 13.0 Å². The minimum absolute atomic E-state index is 0.404. The molecule has 5 heteroatoms. The highest BCUT2D eigenvalue weighted by molar-refractivity contribution is 5.83. The maximum absolute atomic E-state index is 11.0. The molecule has 1 aromatic carbocycles. The molecular formula is C12H18N2O3. The maximum atomic E-state index is 11.0. The number of amides is 1. The Labute approximate surface area is 101 Å². The molecule has 0 aromatic heterocycles. The fourth-order valence-electron chi connectivity index (χ4n) is 1.44. The first-order chi connectivity index (χ1) is 7.99. The second-order valence-corrected chi connectivity index (χ2v) is 3.79. The van der Waals surface area contributed by atoms with Crippen LogP contribution in [0, 0.1) is 6.92 Å². The van der Waals surface area contributed by atoms with E-state index < -0.39 is 11.9 Å². The third kappa shape index (κ3) is 3.03. The summed E-state index contributed by atoms with van der Waals surface area (Å²) in [6, 6.07) is 3.19. The predicted octanol–water partition coefficient (Wildman–Crippen LogP) is 1.30. The molecule has 5 nitrogen and oxygen atoms in total. The van der Waals surface area contributed by atoms with Gasteiger partial charge in [-0.05, 0) is 25.5 Å². The van der Waals surface area contributed by atoms with Gasteiger partial charge in [0, 0.05) is 11.8 Å². The van der Waals surface area contributed by atoms with E-state index >= 15 is 0 Å². The molecule has 0 heterocycles. The van der Waals surface area contributed by atoms with Gasteiger partial charge in [-0.1, -0.05) is 0 Å². The van der Waals surface area contributed by atoms with Gasteiger partial charge >= 0.3 is 0 Å². The average molecular weight is 238 g/mol. The SMILES string of the molecule is COc1cc(C)c(N[C@H](C)C(N)=O)cc1OC. The molecule has 1 aromatic rings. The summed E-state index contributed by atoms with van der Waals surface area (Å²) < 4.78 is 10.4. The van der Waals surface area contributed by atoms with Crippen LogP contribution in [0.15, 0.2) is 12.1 Å². The quantitative estimate of drug-likeness (QED) is 0.810. The first-order valence-electron chi connectivity index (χ1n) is 5.28. The molecule has 1 amide bonds. The number of rotatable bonds is 5. The first-order valence-corrected chi connectivity index (χ1v) is 5.28. The number of anilines is 1. The van der Waals surface area contributed by atoms with Gasteiger partial charge in [-0.2, -0.15) is 0 Å². The highest BCUT2D eigenvalue weighted by Gasteiger charge is 2.13. The number of primary amides is 1. The Morgan fingerprint density at radius 2 is 1.82 bits per heavy atom. The highest BCUT2D eigenvalue weighted by atomic mass is 16.5. The van der Waals surface area contributed by atoms with Gasteiger partial charge in [0.05, 0.1) is 14.2 Å². The Balaban J connectivity index is 3.04. The lowest BCUT2D eigenvalue weighted by Gasteiger charge is -2.16. The van der Waals surface area contributed by atoms with Crippen LogP contribution in [0.3, 0.4) is 0 Å². The van der Waals surface area contributed by atoms with Crippen LogP contribution in [0.1, 0.15) is 12.5 Å². The Kier molecular flexibility index (Phi) is 4.20. The fourth-order valence-corrected chi connectivity index (χ4v) is 1.44. The van der Waals surface area contributed by atoms with E-state index in [0.29, 0.717) is 11.5 Å². The number of hydrogen-bond donors (Lipinski definition) is 2. The zero-order valence-corrected chi connectivity index (χ0v) is 10.5. The monoisotopic (exact) mass is 238 g/mol. The van der Waals surface area contributed by atoms with Crippen LogP contribution in [0.4, 0.5) is 5.69 Å². The summed E-state index contributed by atoms with van der Waals surface area (Å²) in [6.07, 6.45) is 0. The average Bonchev–Trinajstić information content (AvgIpc) is 2.30. The molecule has 0 saturated carbocycles. The van der Waals surface area contributed by atoms with Crippen LogP contribution >= 0.6 is 0 Å². The normalized spacial score (nSPS) is 11.8. The number of carbonyl (C=O) groups is 1. The summed E-state index contributed by atoms with van der Waals surface area (Å²) in [7, 11) is 3.14. The zero-order chi connectivity index (χ0) is 13.0. The van der Waals surface area contributed by atoms with E-state index in [9.17, 15) is 4.79 Å². The lowest BCUT2D eigenvalue weighted by atomic mass is 10.1. The molecule has 0 aliphatic rings. The van der Waals surface area contributed by atoms with Crippen LogP contribution in [0.2, 0.25) is 0 Å². The van der Waals surface area contributed by atoms with Crippen molar-refractivity contribution in [3.8, 4) is 11.5 Å². The Morgan fingerprint density at radius 1 is 1.29 bits per heavy atom. The molecule has 0 unspecified atom stereocenters. The Morgan fingerprint density at radius 3 is 2.29 bits per heavy atom. The van der Waals surface area contributed by atoms with Crippen LogP contribution in [0.5, 0.6) is 11.5 Å². The molecule has 0 aliphatic heterocycles. The number of hydrogen-bond acceptors (Lipinski definition) is 4. The van der Waals surface area contributed by atoms with E-state index in [0.717, 1.165) is 11.3 Å². The Hall–Kier alpha value is -1.91. The van der Waals surface area contributed by atoms with Crippen LogP contribution in [-0.4, -0.2) is 26.2 Å². The third-order valence-corrected chi connectivity index (χ3v) is 2.53. The van der Waals surface area contributed by atoms with Gasteiger partial charge in [0.25, 0.3) is 0 Å². The summed E-state index contributed by atoms with van der Waals surface area (Å²) in [5.41, 5.74) is 6.96. The molecule has 0 radical (unpaired) electrons. The number of nitrogens with two attached hydrogens (primary N) is 1. The number of nitrogens with one attached hydrogen (secondary N) is 1. The van der Waals surface area contributed by atoms with Gasteiger partial charge in [-0.15, -0.1) is 0 Å². The standard InChI is InChI=1S/C12H18N2O3/c1-7-5-10(16-3)11(17-4)6-9(7)14-8(2)12(13)15/h5-6,8,14H,1-4H3,(H2,13,15)/t8-/m1/s1. The highest BCUT2D eigenvalue weighted by Crippen LogP contribution is 2.33. The van der Waals surface area contributed by atoms with Crippen molar-refractivity contribution >= 4 is 11.6 Å². The van der Waals surface area contributed by atoms with E-state index in [-0.39, 0.29) is 0 Å². The lowest BCUT2D eigenvalue weighted by molar-refractivity contribution is -0.118. The fraction of sp³-hybridized carbons (Fsp3) is 0.417. The van der Waals surface area contributed by atoms with E-state index in [2.05, 4.69) is 5.32 Å². The maximum Gasteiger partial charge on any atom is 0.239 e. The minimum atomic E-state index is -0.438. The second-order valence-electron chi connectivity index (χ2n) is 3.79. The van der Waals surface area contributed by atoms with Crippen LogP contribution < -0.4 is 20.5 Å². The van der Waals surface area contributed by atoms with Crippen molar-refractivity contribution in [2.24, 2.45) is 5.73 Å². The predicted molar refractivity (Wildman–Crippen MR) is 66.6 cm³/mol. The van der Waals surface area contributed by atoms with Gasteiger partial charge < -0.3 is 20.5 Å². The number of aryl methyl sites for hydroxylation is 1. The molecule has 0 aliphatic carbocycles.